The molecule has 0 radical (unpaired) electrons. The normalized spacial score (nSPS) is 10.4. The van der Waals surface area contributed by atoms with Crippen LogP contribution in [0.25, 0.3) is 0 Å². The van der Waals surface area contributed by atoms with Gasteiger partial charge in [-0.25, -0.2) is 8.42 Å². The third-order valence-electron chi connectivity index (χ3n) is 3.13. The number of ether oxygens (including phenoxy) is 1. The molecule has 0 aromatic heterocycles. The molecule has 6 heteroatoms. The molecule has 0 unspecified atom stereocenters. The maximum atomic E-state index is 12.4. The van der Waals surface area contributed by atoms with E-state index in [1.165, 1.54) is 19.2 Å². The van der Waals surface area contributed by atoms with Gasteiger partial charge in [0.1, 0.15) is 0 Å². The first-order chi connectivity index (χ1) is 11.5. The molecular formula is C18H17NO4S. The lowest BCUT2D eigenvalue weighted by Crippen LogP contribution is -2.13. The Balaban J connectivity index is 2.18. The number of methoxy groups -OCH3 is 1. The van der Waals surface area contributed by atoms with E-state index in [-0.39, 0.29) is 17.3 Å². The van der Waals surface area contributed by atoms with Gasteiger partial charge in [-0.15, -0.1) is 0 Å². The van der Waals surface area contributed by atoms with Crippen LogP contribution in [-0.4, -0.2) is 21.5 Å². The summed E-state index contributed by atoms with van der Waals surface area (Å²) < 4.78 is 31.9. The number of hydrogen-bond donors (Lipinski definition) is 1. The van der Waals surface area contributed by atoms with Crippen molar-refractivity contribution >= 4 is 21.7 Å². The Labute approximate surface area is 141 Å². The highest BCUT2D eigenvalue weighted by Gasteiger charge is 2.14. The molecule has 0 bridgehead atoms. The van der Waals surface area contributed by atoms with Crippen LogP contribution in [0.3, 0.4) is 0 Å². The topological polar surface area (TPSA) is 72.5 Å². The molecule has 0 saturated heterocycles. The molecule has 0 saturated carbocycles. The number of carbonyl (C=O) groups is 1. The first kappa shape index (κ1) is 17.6. The SMILES string of the molecule is COC(=O)CCC#Cc1ccccc1NS(=O)(=O)c1ccccc1. The molecule has 0 aliphatic heterocycles. The van der Waals surface area contributed by atoms with E-state index in [0.29, 0.717) is 17.7 Å². The third-order valence-corrected chi connectivity index (χ3v) is 4.51. The van der Waals surface area contributed by atoms with Crippen molar-refractivity contribution in [1.82, 2.24) is 0 Å². The van der Waals surface area contributed by atoms with Gasteiger partial charge in [0.05, 0.1) is 24.1 Å². The molecule has 5 nitrogen and oxygen atoms in total. The number of anilines is 1. The maximum Gasteiger partial charge on any atom is 0.306 e. The zero-order chi connectivity index (χ0) is 17.4. The van der Waals surface area contributed by atoms with Gasteiger partial charge in [0.25, 0.3) is 10.0 Å². The fourth-order valence-corrected chi connectivity index (χ4v) is 3.01. The van der Waals surface area contributed by atoms with Gasteiger partial charge < -0.3 is 4.74 Å². The summed E-state index contributed by atoms with van der Waals surface area (Å²) in [5.74, 6) is 5.40. The number of rotatable bonds is 5. The van der Waals surface area contributed by atoms with Gasteiger partial charge in [-0.2, -0.15) is 0 Å². The van der Waals surface area contributed by atoms with Crippen LogP contribution in [0.5, 0.6) is 0 Å². The Hall–Kier alpha value is -2.78. The van der Waals surface area contributed by atoms with E-state index in [4.69, 9.17) is 0 Å². The van der Waals surface area contributed by atoms with Crippen LogP contribution in [0.4, 0.5) is 5.69 Å². The van der Waals surface area contributed by atoms with Crippen LogP contribution in [-0.2, 0) is 19.6 Å². The van der Waals surface area contributed by atoms with Crippen LogP contribution < -0.4 is 4.72 Å². The van der Waals surface area contributed by atoms with Gasteiger partial charge in [-0.05, 0) is 24.3 Å². The average molecular weight is 343 g/mol. The second-order valence-corrected chi connectivity index (χ2v) is 6.52. The van der Waals surface area contributed by atoms with E-state index in [1.54, 1.807) is 42.5 Å². The van der Waals surface area contributed by atoms with Crippen molar-refractivity contribution in [2.45, 2.75) is 17.7 Å². The average Bonchev–Trinajstić information content (AvgIpc) is 2.60. The quantitative estimate of drug-likeness (QED) is 0.669. The minimum Gasteiger partial charge on any atom is -0.469 e. The lowest BCUT2D eigenvalue weighted by Gasteiger charge is -2.09. The summed E-state index contributed by atoms with van der Waals surface area (Å²) in [5.41, 5.74) is 0.939. The molecule has 2 aromatic rings. The van der Waals surface area contributed by atoms with Crippen LogP contribution in [0.15, 0.2) is 59.5 Å². The Morgan fingerprint density at radius 2 is 1.75 bits per heavy atom. The van der Waals surface area contributed by atoms with E-state index >= 15 is 0 Å². The van der Waals surface area contributed by atoms with E-state index in [1.807, 2.05) is 0 Å². The first-order valence-electron chi connectivity index (χ1n) is 7.25. The van der Waals surface area contributed by atoms with Gasteiger partial charge in [0.2, 0.25) is 0 Å². The van der Waals surface area contributed by atoms with Crippen LogP contribution >= 0.6 is 0 Å². The molecule has 0 heterocycles. The molecule has 2 rings (SSSR count). The highest BCUT2D eigenvalue weighted by Crippen LogP contribution is 2.19. The van der Waals surface area contributed by atoms with E-state index in [9.17, 15) is 13.2 Å². The Morgan fingerprint density at radius 1 is 1.08 bits per heavy atom. The summed E-state index contributed by atoms with van der Waals surface area (Å²) in [6, 6.07) is 15.0. The van der Waals surface area contributed by atoms with Crippen LogP contribution in [0, 0.1) is 11.8 Å². The Bertz CT molecular complexity index is 865. The molecule has 0 aliphatic rings. The van der Waals surface area contributed by atoms with E-state index in [2.05, 4.69) is 21.3 Å². The molecule has 124 valence electrons. The summed E-state index contributed by atoms with van der Waals surface area (Å²) in [6.07, 6.45) is 0.536. The molecule has 1 N–H and O–H groups in total. The molecule has 0 fully saturated rings. The summed E-state index contributed by atoms with van der Waals surface area (Å²) in [4.78, 5) is 11.2. The number of hydrogen-bond acceptors (Lipinski definition) is 4. The van der Waals surface area contributed by atoms with Gasteiger partial charge in [0, 0.05) is 12.0 Å². The fraction of sp³-hybridized carbons (Fsp3) is 0.167. The number of nitrogens with one attached hydrogen (secondary N) is 1. The van der Waals surface area contributed by atoms with E-state index in [0.717, 1.165) is 0 Å². The molecule has 0 spiro atoms. The largest absolute Gasteiger partial charge is 0.469 e. The summed E-state index contributed by atoms with van der Waals surface area (Å²) in [6.45, 7) is 0. The van der Waals surface area contributed by atoms with Crippen molar-refractivity contribution in [3.63, 3.8) is 0 Å². The summed E-state index contributed by atoms with van der Waals surface area (Å²) in [5, 5.41) is 0. The minimum atomic E-state index is -3.68. The highest BCUT2D eigenvalue weighted by atomic mass is 32.2. The monoisotopic (exact) mass is 343 g/mol. The minimum absolute atomic E-state index is 0.179. The second kappa shape index (κ2) is 8.18. The van der Waals surface area contributed by atoms with Crippen molar-refractivity contribution < 1.29 is 17.9 Å². The van der Waals surface area contributed by atoms with Gasteiger partial charge in [0.15, 0.2) is 0 Å². The lowest BCUT2D eigenvalue weighted by molar-refractivity contribution is -0.140. The predicted molar refractivity (Wildman–Crippen MR) is 91.8 cm³/mol. The lowest BCUT2D eigenvalue weighted by atomic mass is 10.2. The molecule has 24 heavy (non-hydrogen) atoms. The molecular weight excluding hydrogens is 326 g/mol. The van der Waals surface area contributed by atoms with Gasteiger partial charge >= 0.3 is 5.97 Å². The van der Waals surface area contributed by atoms with Crippen molar-refractivity contribution in [2.75, 3.05) is 11.8 Å². The molecule has 0 amide bonds. The first-order valence-corrected chi connectivity index (χ1v) is 8.74. The number of carbonyl (C=O) groups excluding carboxylic acids is 1. The van der Waals surface area contributed by atoms with Crippen molar-refractivity contribution in [3.8, 4) is 11.8 Å². The second-order valence-electron chi connectivity index (χ2n) is 4.84. The summed E-state index contributed by atoms with van der Waals surface area (Å²) >= 11 is 0. The summed E-state index contributed by atoms with van der Waals surface area (Å²) in [7, 11) is -2.35. The van der Waals surface area contributed by atoms with Crippen molar-refractivity contribution in [1.29, 1.82) is 0 Å². The molecule has 0 atom stereocenters. The van der Waals surface area contributed by atoms with E-state index < -0.39 is 10.0 Å². The zero-order valence-corrected chi connectivity index (χ0v) is 14.0. The molecule has 0 aliphatic carbocycles. The third kappa shape index (κ3) is 4.86. The van der Waals surface area contributed by atoms with Crippen molar-refractivity contribution in [3.05, 3.63) is 60.2 Å². The van der Waals surface area contributed by atoms with Gasteiger partial charge in [-0.1, -0.05) is 42.2 Å². The number of para-hydroxylation sites is 1. The zero-order valence-electron chi connectivity index (χ0n) is 13.2. The predicted octanol–water partition coefficient (Wildman–Crippen LogP) is 2.79. The number of sulfonamides is 1. The standard InChI is InChI=1S/C18H17NO4S/c1-23-18(20)14-8-6-10-15-9-5-7-13-17(15)19-24(21,22)16-11-3-2-4-12-16/h2-5,7,9,11-13,19H,8,14H2,1H3. The highest BCUT2D eigenvalue weighted by molar-refractivity contribution is 7.92. The Kier molecular flexibility index (Phi) is 5.99. The fourth-order valence-electron chi connectivity index (χ4n) is 1.91. The van der Waals surface area contributed by atoms with Crippen molar-refractivity contribution in [2.24, 2.45) is 0 Å². The van der Waals surface area contributed by atoms with Gasteiger partial charge in [-0.3, -0.25) is 9.52 Å². The molecule has 2 aromatic carbocycles. The smallest absolute Gasteiger partial charge is 0.306 e. The Morgan fingerprint density at radius 3 is 2.46 bits per heavy atom. The van der Waals surface area contributed by atoms with Crippen LogP contribution in [0.1, 0.15) is 18.4 Å². The van der Waals surface area contributed by atoms with Crippen LogP contribution in [0.2, 0.25) is 0 Å². The number of benzene rings is 2. The maximum absolute atomic E-state index is 12.4. The number of esters is 1.